The minimum Gasteiger partial charge on any atom is -0.463 e. The Morgan fingerprint density at radius 3 is 2.67 bits per heavy atom. The summed E-state index contributed by atoms with van der Waals surface area (Å²) >= 11 is 1.85. The van der Waals surface area contributed by atoms with Crippen LogP contribution in [0, 0.1) is 0 Å². The highest BCUT2D eigenvalue weighted by molar-refractivity contribution is 7.98. The second kappa shape index (κ2) is 9.65. The van der Waals surface area contributed by atoms with Crippen molar-refractivity contribution in [1.82, 2.24) is 15.0 Å². The van der Waals surface area contributed by atoms with Crippen LogP contribution in [0.15, 0.2) is 0 Å². The lowest BCUT2D eigenvalue weighted by molar-refractivity contribution is 0.291. The number of aromatic nitrogens is 3. The first-order valence-electron chi connectivity index (χ1n) is 7.46. The second-order valence-electron chi connectivity index (χ2n) is 4.86. The first-order chi connectivity index (χ1) is 10.1. The Morgan fingerprint density at radius 2 is 2.05 bits per heavy atom. The summed E-state index contributed by atoms with van der Waals surface area (Å²) in [6, 6.07) is 0.759. The van der Waals surface area contributed by atoms with E-state index in [1.807, 2.05) is 25.7 Å². The largest absolute Gasteiger partial charge is 0.463 e. The third-order valence-electron chi connectivity index (χ3n) is 3.09. The highest BCUT2D eigenvalue weighted by Gasteiger charge is 2.15. The summed E-state index contributed by atoms with van der Waals surface area (Å²) in [6.07, 6.45) is 4.14. The van der Waals surface area contributed by atoms with E-state index in [-0.39, 0.29) is 0 Å². The van der Waals surface area contributed by atoms with Gasteiger partial charge in [0, 0.05) is 19.6 Å². The van der Waals surface area contributed by atoms with Crippen molar-refractivity contribution in [2.45, 2.75) is 39.7 Å². The maximum atomic E-state index is 5.56. The average molecular weight is 313 g/mol. The molecule has 0 fully saturated rings. The number of rotatable bonds is 10. The zero-order valence-corrected chi connectivity index (χ0v) is 14.5. The molecule has 1 heterocycles. The quantitative estimate of drug-likeness (QED) is 0.712. The van der Waals surface area contributed by atoms with Crippen LogP contribution in [-0.2, 0) is 0 Å². The Balaban J connectivity index is 2.89. The molecule has 1 aromatic heterocycles. The van der Waals surface area contributed by atoms with Gasteiger partial charge in [0.2, 0.25) is 11.9 Å². The second-order valence-corrected chi connectivity index (χ2v) is 5.85. The van der Waals surface area contributed by atoms with Crippen molar-refractivity contribution >= 4 is 23.7 Å². The molecule has 1 rings (SSSR count). The van der Waals surface area contributed by atoms with Gasteiger partial charge in [-0.05, 0) is 38.7 Å². The van der Waals surface area contributed by atoms with E-state index >= 15 is 0 Å². The van der Waals surface area contributed by atoms with E-state index in [0.29, 0.717) is 30.6 Å². The van der Waals surface area contributed by atoms with E-state index < -0.39 is 0 Å². The summed E-state index contributed by atoms with van der Waals surface area (Å²) in [5, 5.41) is 3.13. The van der Waals surface area contributed by atoms with Crippen LogP contribution >= 0.6 is 11.8 Å². The van der Waals surface area contributed by atoms with Gasteiger partial charge in [0.05, 0.1) is 6.61 Å². The van der Waals surface area contributed by atoms with E-state index in [1.54, 1.807) is 0 Å². The molecule has 0 radical (unpaired) electrons. The molecule has 6 nitrogen and oxygen atoms in total. The van der Waals surface area contributed by atoms with Crippen molar-refractivity contribution < 1.29 is 4.74 Å². The third-order valence-corrected chi connectivity index (χ3v) is 3.73. The SMILES string of the molecule is CCCOc1nc(NCC)nc(N(C)C(C)CCSC)n1. The van der Waals surface area contributed by atoms with E-state index in [2.05, 4.69) is 45.3 Å². The smallest absolute Gasteiger partial charge is 0.323 e. The summed E-state index contributed by atoms with van der Waals surface area (Å²) in [7, 11) is 2.01. The van der Waals surface area contributed by atoms with Crippen molar-refractivity contribution in [3.05, 3.63) is 0 Å². The third kappa shape index (κ3) is 5.95. The molecule has 7 heteroatoms. The fraction of sp³-hybridized carbons (Fsp3) is 0.786. The van der Waals surface area contributed by atoms with E-state index in [1.165, 1.54) is 0 Å². The van der Waals surface area contributed by atoms with Gasteiger partial charge in [0.25, 0.3) is 0 Å². The summed E-state index contributed by atoms with van der Waals surface area (Å²) < 4.78 is 5.56. The monoisotopic (exact) mass is 313 g/mol. The van der Waals surface area contributed by atoms with Crippen LogP contribution < -0.4 is 15.0 Å². The molecule has 1 atom stereocenters. The molecule has 0 aliphatic heterocycles. The van der Waals surface area contributed by atoms with E-state index in [9.17, 15) is 0 Å². The highest BCUT2D eigenvalue weighted by Crippen LogP contribution is 2.17. The van der Waals surface area contributed by atoms with Gasteiger partial charge >= 0.3 is 6.01 Å². The summed E-state index contributed by atoms with van der Waals surface area (Å²) in [5.41, 5.74) is 0. The van der Waals surface area contributed by atoms with Gasteiger partial charge < -0.3 is 15.0 Å². The van der Waals surface area contributed by atoms with Crippen LogP contribution in [-0.4, -0.2) is 53.2 Å². The molecule has 0 aromatic carbocycles. The van der Waals surface area contributed by atoms with Crippen molar-refractivity contribution in [2.75, 3.05) is 42.4 Å². The number of thioether (sulfide) groups is 1. The normalized spacial score (nSPS) is 12.0. The predicted molar refractivity (Wildman–Crippen MR) is 90.6 cm³/mol. The summed E-state index contributed by atoms with van der Waals surface area (Å²) in [6.45, 7) is 7.63. The zero-order valence-electron chi connectivity index (χ0n) is 13.7. The Labute approximate surface area is 132 Å². The molecule has 0 saturated heterocycles. The number of anilines is 2. The van der Waals surface area contributed by atoms with Crippen LogP contribution in [0.3, 0.4) is 0 Å². The van der Waals surface area contributed by atoms with Gasteiger partial charge in [-0.15, -0.1) is 0 Å². The van der Waals surface area contributed by atoms with Crippen LogP contribution in [0.25, 0.3) is 0 Å². The fourth-order valence-electron chi connectivity index (χ4n) is 1.68. The summed E-state index contributed by atoms with van der Waals surface area (Å²) in [4.78, 5) is 15.2. The van der Waals surface area contributed by atoms with Crippen molar-refractivity contribution in [3.63, 3.8) is 0 Å². The van der Waals surface area contributed by atoms with E-state index in [4.69, 9.17) is 4.74 Å². The minimum absolute atomic E-state index is 0.369. The van der Waals surface area contributed by atoms with Gasteiger partial charge in [-0.1, -0.05) is 6.92 Å². The molecule has 0 amide bonds. The molecule has 120 valence electrons. The lowest BCUT2D eigenvalue weighted by Gasteiger charge is -2.25. The molecule has 0 saturated carbocycles. The number of nitrogens with zero attached hydrogens (tertiary/aromatic N) is 4. The molecule has 1 unspecified atom stereocenters. The lowest BCUT2D eigenvalue weighted by atomic mass is 10.2. The lowest BCUT2D eigenvalue weighted by Crippen LogP contribution is -2.31. The highest BCUT2D eigenvalue weighted by atomic mass is 32.2. The molecule has 0 aliphatic carbocycles. The molecule has 0 spiro atoms. The first kappa shape index (κ1) is 17.8. The number of nitrogens with one attached hydrogen (secondary N) is 1. The van der Waals surface area contributed by atoms with Gasteiger partial charge in [-0.3, -0.25) is 0 Å². The van der Waals surface area contributed by atoms with E-state index in [0.717, 1.165) is 25.1 Å². The maximum absolute atomic E-state index is 5.56. The van der Waals surface area contributed by atoms with Gasteiger partial charge in [0.15, 0.2) is 0 Å². The van der Waals surface area contributed by atoms with Crippen molar-refractivity contribution in [3.8, 4) is 6.01 Å². The van der Waals surface area contributed by atoms with Gasteiger partial charge in [-0.2, -0.15) is 26.7 Å². The maximum Gasteiger partial charge on any atom is 0.323 e. The molecular weight excluding hydrogens is 286 g/mol. The Morgan fingerprint density at radius 1 is 1.29 bits per heavy atom. The van der Waals surface area contributed by atoms with Crippen LogP contribution in [0.4, 0.5) is 11.9 Å². The number of hydrogen-bond donors (Lipinski definition) is 1. The van der Waals surface area contributed by atoms with Gasteiger partial charge in [0.1, 0.15) is 0 Å². The van der Waals surface area contributed by atoms with Gasteiger partial charge in [-0.25, -0.2) is 0 Å². The molecule has 0 bridgehead atoms. The molecule has 0 aliphatic rings. The minimum atomic E-state index is 0.369. The van der Waals surface area contributed by atoms with Crippen molar-refractivity contribution in [1.29, 1.82) is 0 Å². The molecular formula is C14H27N5OS. The van der Waals surface area contributed by atoms with Crippen LogP contribution in [0.1, 0.15) is 33.6 Å². The molecule has 21 heavy (non-hydrogen) atoms. The number of hydrogen-bond acceptors (Lipinski definition) is 7. The Kier molecular flexibility index (Phi) is 8.19. The zero-order chi connectivity index (χ0) is 15.7. The average Bonchev–Trinajstić information content (AvgIpc) is 2.49. The Hall–Kier alpha value is -1.24. The molecule has 1 aromatic rings. The van der Waals surface area contributed by atoms with Crippen LogP contribution in [0.2, 0.25) is 0 Å². The topological polar surface area (TPSA) is 63.2 Å². The summed E-state index contributed by atoms with van der Waals surface area (Å²) in [5.74, 6) is 2.34. The molecule has 1 N–H and O–H groups in total. The van der Waals surface area contributed by atoms with Crippen molar-refractivity contribution in [2.24, 2.45) is 0 Å². The Bertz CT molecular complexity index is 418. The fourth-order valence-corrected chi connectivity index (χ4v) is 2.25. The number of ether oxygens (including phenoxy) is 1. The standard InChI is InChI=1S/C14H27N5OS/c1-6-9-20-14-17-12(15-7-2)16-13(18-14)19(4)11(3)8-10-21-5/h11H,6-10H2,1-5H3,(H,15,16,17,18). The predicted octanol–water partition coefficient (Wildman–Crippen LogP) is 2.67. The van der Waals surface area contributed by atoms with Crippen LogP contribution in [0.5, 0.6) is 6.01 Å². The first-order valence-corrected chi connectivity index (χ1v) is 8.86.